The summed E-state index contributed by atoms with van der Waals surface area (Å²) in [5.74, 6) is -0.384. The number of nitrogens with one attached hydrogen (secondary N) is 1. The number of carbonyl (C=O) groups is 2. The van der Waals surface area contributed by atoms with Crippen LogP contribution < -0.4 is 10.2 Å². The second kappa shape index (κ2) is 7.10. The number of benzene rings is 1. The number of imide groups is 1. The van der Waals surface area contributed by atoms with Crippen molar-refractivity contribution in [3.8, 4) is 0 Å². The van der Waals surface area contributed by atoms with E-state index >= 15 is 0 Å². The van der Waals surface area contributed by atoms with Gasteiger partial charge in [0.2, 0.25) is 11.8 Å². The van der Waals surface area contributed by atoms with Crippen molar-refractivity contribution in [3.05, 3.63) is 23.8 Å². The second-order valence-corrected chi connectivity index (χ2v) is 5.94. The molecule has 1 fully saturated rings. The van der Waals surface area contributed by atoms with Gasteiger partial charge in [0.15, 0.2) is 0 Å². The molecule has 6 heteroatoms. The second-order valence-electron chi connectivity index (χ2n) is 5.94. The summed E-state index contributed by atoms with van der Waals surface area (Å²) in [6.45, 7) is 6.06. The average molecular weight is 317 g/mol. The molecule has 6 nitrogen and oxygen atoms in total. The molecule has 0 bridgehead atoms. The van der Waals surface area contributed by atoms with Crippen LogP contribution in [0, 0.1) is 0 Å². The van der Waals surface area contributed by atoms with Crippen molar-refractivity contribution in [1.82, 2.24) is 4.90 Å². The third kappa shape index (κ3) is 3.54. The normalized spacial score (nSPS) is 17.4. The van der Waals surface area contributed by atoms with Crippen molar-refractivity contribution in [3.63, 3.8) is 0 Å². The number of fused-ring (bicyclic) bond motifs is 1. The van der Waals surface area contributed by atoms with E-state index in [2.05, 4.69) is 10.2 Å². The Labute approximate surface area is 136 Å². The van der Waals surface area contributed by atoms with Crippen LogP contribution in [0.1, 0.15) is 18.9 Å². The molecule has 0 unspecified atom stereocenters. The van der Waals surface area contributed by atoms with Gasteiger partial charge in [-0.25, -0.2) is 4.90 Å². The zero-order valence-corrected chi connectivity index (χ0v) is 13.5. The number of nitrogens with zero attached hydrogens (tertiary/aromatic N) is 2. The highest BCUT2D eigenvalue weighted by atomic mass is 16.5. The molecule has 3 rings (SSSR count). The maximum atomic E-state index is 12.6. The molecule has 0 radical (unpaired) electrons. The Morgan fingerprint density at radius 2 is 2.09 bits per heavy atom. The highest BCUT2D eigenvalue weighted by molar-refractivity contribution is 6.16. The summed E-state index contributed by atoms with van der Waals surface area (Å²) in [5.41, 5.74) is 2.76. The summed E-state index contributed by atoms with van der Waals surface area (Å²) in [7, 11) is 0. The Bertz CT molecular complexity index is 597. The van der Waals surface area contributed by atoms with Gasteiger partial charge in [-0.15, -0.1) is 0 Å². The zero-order chi connectivity index (χ0) is 16.2. The molecule has 0 atom stereocenters. The minimum absolute atomic E-state index is 0.147. The molecular weight excluding hydrogens is 294 g/mol. The van der Waals surface area contributed by atoms with Gasteiger partial charge < -0.3 is 10.1 Å². The van der Waals surface area contributed by atoms with Crippen LogP contribution in [0.2, 0.25) is 0 Å². The first-order chi connectivity index (χ1) is 11.2. The van der Waals surface area contributed by atoms with Crippen molar-refractivity contribution in [2.75, 3.05) is 49.6 Å². The van der Waals surface area contributed by atoms with Gasteiger partial charge in [0.1, 0.15) is 0 Å². The Morgan fingerprint density at radius 3 is 2.83 bits per heavy atom. The van der Waals surface area contributed by atoms with E-state index in [-0.39, 0.29) is 11.8 Å². The zero-order valence-electron chi connectivity index (χ0n) is 13.5. The molecule has 1 saturated heterocycles. The van der Waals surface area contributed by atoms with Crippen molar-refractivity contribution in [1.29, 1.82) is 0 Å². The van der Waals surface area contributed by atoms with Crippen LogP contribution in [-0.2, 0) is 20.7 Å². The van der Waals surface area contributed by atoms with Crippen LogP contribution in [0.3, 0.4) is 0 Å². The van der Waals surface area contributed by atoms with Crippen LogP contribution >= 0.6 is 0 Å². The number of carbonyl (C=O) groups excluding carboxylic acids is 2. The van der Waals surface area contributed by atoms with Gasteiger partial charge in [-0.1, -0.05) is 12.1 Å². The number of rotatable bonds is 4. The lowest BCUT2D eigenvalue weighted by Gasteiger charge is -2.27. The molecule has 1 aromatic carbocycles. The van der Waals surface area contributed by atoms with Crippen LogP contribution in [0.5, 0.6) is 0 Å². The van der Waals surface area contributed by atoms with Crippen LogP contribution in [0.25, 0.3) is 0 Å². The molecule has 1 aromatic rings. The van der Waals surface area contributed by atoms with Gasteiger partial charge >= 0.3 is 0 Å². The predicted octanol–water partition coefficient (Wildman–Crippen LogP) is 1.26. The van der Waals surface area contributed by atoms with Crippen LogP contribution in [0.4, 0.5) is 11.4 Å². The summed E-state index contributed by atoms with van der Waals surface area (Å²) in [5, 5.41) is 3.29. The monoisotopic (exact) mass is 317 g/mol. The summed E-state index contributed by atoms with van der Waals surface area (Å²) < 4.78 is 5.31. The lowest BCUT2D eigenvalue weighted by molar-refractivity contribution is -0.125. The van der Waals surface area contributed by atoms with Crippen molar-refractivity contribution < 1.29 is 14.3 Å². The van der Waals surface area contributed by atoms with E-state index in [1.807, 2.05) is 18.2 Å². The standard InChI is InChI=1S/C17H23N3O3/c1-13(21)20(15-4-2-3-14-5-7-18-17(14)15)16(22)6-8-19-9-11-23-12-10-19/h2-4,18H,5-12H2,1H3. The quantitative estimate of drug-likeness (QED) is 0.906. The third-order valence-electron chi connectivity index (χ3n) is 4.38. The largest absolute Gasteiger partial charge is 0.383 e. The predicted molar refractivity (Wildman–Crippen MR) is 88.7 cm³/mol. The number of hydrogen-bond donors (Lipinski definition) is 1. The maximum Gasteiger partial charge on any atom is 0.235 e. The number of morpholine rings is 1. The summed E-state index contributed by atoms with van der Waals surface area (Å²) in [6, 6.07) is 5.78. The molecule has 0 spiro atoms. The minimum atomic E-state index is -0.237. The molecule has 1 N–H and O–H groups in total. The van der Waals surface area contributed by atoms with E-state index in [1.54, 1.807) is 0 Å². The summed E-state index contributed by atoms with van der Waals surface area (Å²) in [4.78, 5) is 28.2. The molecule has 2 aliphatic rings. The summed E-state index contributed by atoms with van der Waals surface area (Å²) in [6.07, 6.45) is 1.26. The van der Waals surface area contributed by atoms with Gasteiger partial charge in [0.05, 0.1) is 24.6 Å². The number of hydrogen-bond acceptors (Lipinski definition) is 5. The van der Waals surface area contributed by atoms with Crippen LogP contribution in [0.15, 0.2) is 18.2 Å². The van der Waals surface area contributed by atoms with E-state index in [9.17, 15) is 9.59 Å². The Balaban J connectivity index is 1.72. The van der Waals surface area contributed by atoms with E-state index in [0.717, 1.165) is 37.3 Å². The first-order valence-corrected chi connectivity index (χ1v) is 8.16. The fourth-order valence-corrected chi connectivity index (χ4v) is 3.18. The van der Waals surface area contributed by atoms with Crippen LogP contribution in [-0.4, -0.2) is 56.1 Å². The first kappa shape index (κ1) is 16.0. The first-order valence-electron chi connectivity index (χ1n) is 8.16. The van der Waals surface area contributed by atoms with Gasteiger partial charge in [0.25, 0.3) is 0 Å². The average Bonchev–Trinajstić information content (AvgIpc) is 3.03. The highest BCUT2D eigenvalue weighted by Gasteiger charge is 2.26. The fraction of sp³-hybridized carbons (Fsp3) is 0.529. The number of para-hydroxylation sites is 1. The fourth-order valence-electron chi connectivity index (χ4n) is 3.18. The number of amides is 2. The highest BCUT2D eigenvalue weighted by Crippen LogP contribution is 2.33. The van der Waals surface area contributed by atoms with Crippen molar-refractivity contribution >= 4 is 23.2 Å². The molecule has 0 aromatic heterocycles. The SMILES string of the molecule is CC(=O)N(C(=O)CCN1CCOCC1)c1cccc2c1NCC2. The Morgan fingerprint density at radius 1 is 1.30 bits per heavy atom. The molecule has 0 saturated carbocycles. The van der Waals surface area contributed by atoms with Crippen molar-refractivity contribution in [2.24, 2.45) is 0 Å². The van der Waals surface area contributed by atoms with E-state index in [4.69, 9.17) is 4.74 Å². The summed E-state index contributed by atoms with van der Waals surface area (Å²) >= 11 is 0. The lowest BCUT2D eigenvalue weighted by Crippen LogP contribution is -2.41. The third-order valence-corrected chi connectivity index (χ3v) is 4.38. The Kier molecular flexibility index (Phi) is 4.93. The molecule has 2 heterocycles. The van der Waals surface area contributed by atoms with E-state index in [1.165, 1.54) is 11.8 Å². The minimum Gasteiger partial charge on any atom is -0.383 e. The van der Waals surface area contributed by atoms with Gasteiger partial charge in [-0.2, -0.15) is 0 Å². The maximum absolute atomic E-state index is 12.6. The molecular formula is C17H23N3O3. The van der Waals surface area contributed by atoms with Gasteiger partial charge in [0, 0.05) is 39.5 Å². The molecule has 2 amide bonds. The molecule has 2 aliphatic heterocycles. The Hall–Kier alpha value is -1.92. The topological polar surface area (TPSA) is 61.9 Å². The van der Waals surface area contributed by atoms with Gasteiger partial charge in [-0.3, -0.25) is 14.5 Å². The lowest BCUT2D eigenvalue weighted by atomic mass is 10.1. The van der Waals surface area contributed by atoms with E-state index in [0.29, 0.717) is 31.9 Å². The van der Waals surface area contributed by atoms with Gasteiger partial charge in [-0.05, 0) is 18.1 Å². The number of ether oxygens (including phenoxy) is 1. The molecule has 124 valence electrons. The van der Waals surface area contributed by atoms with Crippen molar-refractivity contribution in [2.45, 2.75) is 19.8 Å². The number of anilines is 2. The molecule has 23 heavy (non-hydrogen) atoms. The smallest absolute Gasteiger partial charge is 0.235 e. The van der Waals surface area contributed by atoms with E-state index < -0.39 is 0 Å². The molecule has 0 aliphatic carbocycles.